The Balaban J connectivity index is 2.94. The van der Waals surface area contributed by atoms with Gasteiger partial charge in [-0.05, 0) is 18.1 Å². The number of carbonyl (C=O) groups is 2. The Morgan fingerprint density at radius 3 is 2.50 bits per heavy atom. The highest BCUT2D eigenvalue weighted by molar-refractivity contribution is 6.38. The first kappa shape index (κ1) is 16.8. The van der Waals surface area contributed by atoms with Gasteiger partial charge in [0.15, 0.2) is 0 Å². The summed E-state index contributed by atoms with van der Waals surface area (Å²) in [6.45, 7) is 2.28. The van der Waals surface area contributed by atoms with Gasteiger partial charge in [-0.2, -0.15) is 0 Å². The van der Waals surface area contributed by atoms with Crippen LogP contribution >= 0.6 is 23.2 Å². The summed E-state index contributed by atoms with van der Waals surface area (Å²) in [5, 5.41) is 11.8. The van der Waals surface area contributed by atoms with Crippen LogP contribution in [0.25, 0.3) is 0 Å². The Morgan fingerprint density at radius 2 is 1.95 bits per heavy atom. The van der Waals surface area contributed by atoms with E-state index in [1.807, 2.05) is 6.92 Å². The van der Waals surface area contributed by atoms with Gasteiger partial charge in [0.25, 0.3) is 0 Å². The first-order chi connectivity index (χ1) is 9.36. The van der Waals surface area contributed by atoms with E-state index in [2.05, 4.69) is 5.32 Å². The molecule has 0 radical (unpaired) electrons. The van der Waals surface area contributed by atoms with E-state index in [4.69, 9.17) is 33.0 Å². The summed E-state index contributed by atoms with van der Waals surface area (Å²) in [5.74, 6) is -1.59. The molecule has 0 aliphatic heterocycles. The SMILES string of the molecule is COCC(C)CC(=O)Nc1c(Cl)ccc(Cl)c1C(=O)O. The zero-order valence-electron chi connectivity index (χ0n) is 11.1. The van der Waals surface area contributed by atoms with Crippen molar-refractivity contribution in [2.45, 2.75) is 13.3 Å². The molecule has 5 nitrogen and oxygen atoms in total. The molecule has 110 valence electrons. The third-order valence-electron chi connectivity index (χ3n) is 2.57. The van der Waals surface area contributed by atoms with Crippen molar-refractivity contribution in [1.29, 1.82) is 0 Å². The van der Waals surface area contributed by atoms with E-state index >= 15 is 0 Å². The van der Waals surface area contributed by atoms with Crippen molar-refractivity contribution in [1.82, 2.24) is 0 Å². The number of nitrogens with one attached hydrogen (secondary N) is 1. The smallest absolute Gasteiger partial charge is 0.339 e. The van der Waals surface area contributed by atoms with Gasteiger partial charge in [-0.3, -0.25) is 4.79 Å². The molecular formula is C13H15Cl2NO4. The molecule has 0 spiro atoms. The molecule has 1 aromatic rings. The normalized spacial score (nSPS) is 12.0. The number of rotatable bonds is 6. The molecule has 0 saturated heterocycles. The molecule has 0 bridgehead atoms. The van der Waals surface area contributed by atoms with Crippen molar-refractivity contribution in [3.8, 4) is 0 Å². The van der Waals surface area contributed by atoms with Gasteiger partial charge < -0.3 is 15.2 Å². The van der Waals surface area contributed by atoms with Crippen molar-refractivity contribution in [2.75, 3.05) is 19.0 Å². The van der Waals surface area contributed by atoms with Crippen LogP contribution in [0.1, 0.15) is 23.7 Å². The summed E-state index contributed by atoms with van der Waals surface area (Å²) in [6, 6.07) is 2.81. The number of ether oxygens (including phenoxy) is 1. The average molecular weight is 320 g/mol. The molecule has 1 atom stereocenters. The number of anilines is 1. The van der Waals surface area contributed by atoms with Gasteiger partial charge in [0.1, 0.15) is 5.56 Å². The monoisotopic (exact) mass is 319 g/mol. The molecule has 2 N–H and O–H groups in total. The minimum absolute atomic E-state index is 0.00578. The van der Waals surface area contributed by atoms with Crippen molar-refractivity contribution in [3.63, 3.8) is 0 Å². The van der Waals surface area contributed by atoms with Crippen LogP contribution in [-0.4, -0.2) is 30.7 Å². The number of aromatic carboxylic acids is 1. The molecule has 1 rings (SSSR count). The molecule has 0 aromatic heterocycles. The highest BCUT2D eigenvalue weighted by atomic mass is 35.5. The van der Waals surface area contributed by atoms with E-state index < -0.39 is 5.97 Å². The number of carboxylic acid groups (broad SMARTS) is 1. The molecule has 0 saturated carbocycles. The highest BCUT2D eigenvalue weighted by Crippen LogP contribution is 2.32. The second kappa shape index (κ2) is 7.47. The van der Waals surface area contributed by atoms with E-state index in [9.17, 15) is 9.59 Å². The van der Waals surface area contributed by atoms with Crippen LogP contribution in [0.4, 0.5) is 5.69 Å². The van der Waals surface area contributed by atoms with Gasteiger partial charge in [-0.15, -0.1) is 0 Å². The average Bonchev–Trinajstić information content (AvgIpc) is 2.33. The molecule has 0 fully saturated rings. The lowest BCUT2D eigenvalue weighted by Gasteiger charge is -2.14. The Bertz CT molecular complexity index is 519. The van der Waals surface area contributed by atoms with E-state index in [1.165, 1.54) is 12.1 Å². The Labute approximate surface area is 126 Å². The molecule has 20 heavy (non-hydrogen) atoms. The maximum atomic E-state index is 11.9. The standard InChI is InChI=1S/C13H15Cl2NO4/c1-7(6-20-2)5-10(17)16-12-9(15)4-3-8(14)11(12)13(18)19/h3-4,7H,5-6H2,1-2H3,(H,16,17)(H,18,19). The topological polar surface area (TPSA) is 75.6 Å². The minimum atomic E-state index is -1.25. The third-order valence-corrected chi connectivity index (χ3v) is 3.20. The number of benzene rings is 1. The maximum Gasteiger partial charge on any atom is 0.339 e. The van der Waals surface area contributed by atoms with Crippen LogP contribution in [0.3, 0.4) is 0 Å². The fraction of sp³-hybridized carbons (Fsp3) is 0.385. The fourth-order valence-electron chi connectivity index (χ4n) is 1.73. The highest BCUT2D eigenvalue weighted by Gasteiger charge is 2.20. The lowest BCUT2D eigenvalue weighted by molar-refractivity contribution is -0.117. The number of carbonyl (C=O) groups excluding carboxylic acids is 1. The second-order valence-electron chi connectivity index (χ2n) is 4.40. The van der Waals surface area contributed by atoms with Crippen LogP contribution in [0.2, 0.25) is 10.0 Å². The second-order valence-corrected chi connectivity index (χ2v) is 5.21. The van der Waals surface area contributed by atoms with Crippen LogP contribution in [-0.2, 0) is 9.53 Å². The molecule has 0 aliphatic carbocycles. The van der Waals surface area contributed by atoms with Crippen molar-refractivity contribution in [3.05, 3.63) is 27.7 Å². The van der Waals surface area contributed by atoms with Gasteiger partial charge in [0.2, 0.25) is 5.91 Å². The van der Waals surface area contributed by atoms with Gasteiger partial charge in [0, 0.05) is 20.1 Å². The molecule has 0 aliphatic rings. The first-order valence-electron chi connectivity index (χ1n) is 5.86. The number of methoxy groups -OCH3 is 1. The summed E-state index contributed by atoms with van der Waals surface area (Å²) >= 11 is 11.8. The Hall–Kier alpha value is -1.30. The Morgan fingerprint density at radius 1 is 1.35 bits per heavy atom. The predicted octanol–water partition coefficient (Wildman–Crippen LogP) is 3.30. The summed E-state index contributed by atoms with van der Waals surface area (Å²) in [7, 11) is 1.55. The summed E-state index contributed by atoms with van der Waals surface area (Å²) in [6.07, 6.45) is 0.190. The van der Waals surface area contributed by atoms with Crippen molar-refractivity contribution >= 4 is 40.8 Å². The molecule has 1 amide bonds. The lowest BCUT2D eigenvalue weighted by Crippen LogP contribution is -2.19. The number of hydrogen-bond acceptors (Lipinski definition) is 3. The van der Waals surface area contributed by atoms with Crippen molar-refractivity contribution < 1.29 is 19.4 Å². The number of amides is 1. The van der Waals surface area contributed by atoms with Gasteiger partial charge in [-0.25, -0.2) is 4.79 Å². The van der Waals surface area contributed by atoms with E-state index in [1.54, 1.807) is 7.11 Å². The molecule has 7 heteroatoms. The number of halogens is 2. The largest absolute Gasteiger partial charge is 0.478 e. The molecular weight excluding hydrogens is 305 g/mol. The zero-order chi connectivity index (χ0) is 15.3. The van der Waals surface area contributed by atoms with Crippen molar-refractivity contribution in [2.24, 2.45) is 5.92 Å². The maximum absolute atomic E-state index is 11.9. The summed E-state index contributed by atoms with van der Waals surface area (Å²) in [5.41, 5.74) is -0.201. The van der Waals surface area contributed by atoms with Crippen LogP contribution in [0, 0.1) is 5.92 Å². The number of hydrogen-bond donors (Lipinski definition) is 2. The quantitative estimate of drug-likeness (QED) is 0.843. The molecule has 1 unspecified atom stereocenters. The minimum Gasteiger partial charge on any atom is -0.478 e. The van der Waals surface area contributed by atoms with Crippen LogP contribution in [0.15, 0.2) is 12.1 Å². The lowest BCUT2D eigenvalue weighted by atomic mass is 10.1. The van der Waals surface area contributed by atoms with Gasteiger partial charge in [0.05, 0.1) is 15.7 Å². The molecule has 1 aromatic carbocycles. The predicted molar refractivity (Wildman–Crippen MR) is 77.7 cm³/mol. The molecule has 0 heterocycles. The summed E-state index contributed by atoms with van der Waals surface area (Å²) < 4.78 is 4.94. The fourth-order valence-corrected chi connectivity index (χ4v) is 2.18. The van der Waals surface area contributed by atoms with E-state index in [0.717, 1.165) is 0 Å². The van der Waals surface area contributed by atoms with Crippen LogP contribution in [0.5, 0.6) is 0 Å². The first-order valence-corrected chi connectivity index (χ1v) is 6.62. The van der Waals surface area contributed by atoms with E-state index in [0.29, 0.717) is 6.61 Å². The van der Waals surface area contributed by atoms with Gasteiger partial charge >= 0.3 is 5.97 Å². The van der Waals surface area contributed by atoms with E-state index in [-0.39, 0.29) is 39.5 Å². The third kappa shape index (κ3) is 4.37. The van der Waals surface area contributed by atoms with Crippen LogP contribution < -0.4 is 5.32 Å². The Kier molecular flexibility index (Phi) is 6.26. The number of carboxylic acids is 1. The van der Waals surface area contributed by atoms with Gasteiger partial charge in [-0.1, -0.05) is 30.1 Å². The zero-order valence-corrected chi connectivity index (χ0v) is 12.6. The summed E-state index contributed by atoms with van der Waals surface area (Å²) in [4.78, 5) is 23.1.